The van der Waals surface area contributed by atoms with E-state index in [-0.39, 0.29) is 17.7 Å². The molecule has 0 bridgehead atoms. The number of hydrogen-bond acceptors (Lipinski definition) is 6. The van der Waals surface area contributed by atoms with Crippen molar-refractivity contribution < 1.29 is 29.5 Å². The molecule has 1 atom stereocenters. The van der Waals surface area contributed by atoms with Crippen molar-refractivity contribution in [1.82, 2.24) is 5.32 Å². The third-order valence-corrected chi connectivity index (χ3v) is 2.66. The van der Waals surface area contributed by atoms with E-state index in [9.17, 15) is 19.7 Å². The molecule has 3 N–H and O–H groups in total. The molecule has 0 spiro atoms. The Labute approximate surface area is 119 Å². The molecule has 1 aromatic rings. The van der Waals surface area contributed by atoms with Gasteiger partial charge in [0.2, 0.25) is 0 Å². The van der Waals surface area contributed by atoms with Gasteiger partial charge in [-0.2, -0.15) is 0 Å². The quantitative estimate of drug-likeness (QED) is 0.481. The van der Waals surface area contributed by atoms with Crippen molar-refractivity contribution in [1.29, 1.82) is 0 Å². The molecule has 1 rings (SSSR count). The van der Waals surface area contributed by atoms with Crippen LogP contribution in [0.5, 0.6) is 5.75 Å². The number of carboxylic acids is 1. The van der Waals surface area contributed by atoms with Gasteiger partial charge >= 0.3 is 11.7 Å². The summed E-state index contributed by atoms with van der Waals surface area (Å²) in [6.45, 7) is -0.417. The van der Waals surface area contributed by atoms with Crippen molar-refractivity contribution in [3.05, 3.63) is 33.9 Å². The lowest BCUT2D eigenvalue weighted by atomic mass is 10.1. The lowest BCUT2D eigenvalue weighted by Gasteiger charge is -2.13. The zero-order chi connectivity index (χ0) is 16.0. The number of carbonyl (C=O) groups is 2. The maximum absolute atomic E-state index is 11.9. The van der Waals surface area contributed by atoms with Crippen LogP contribution >= 0.6 is 0 Å². The van der Waals surface area contributed by atoms with Gasteiger partial charge < -0.3 is 20.3 Å². The molecular weight excluding hydrogens is 284 g/mol. The minimum atomic E-state index is -1.31. The molecule has 0 aliphatic carbocycles. The number of hydrogen-bond donors (Lipinski definition) is 3. The SMILES string of the molecule is COc1ccc(C(=O)N[C@H](CCO)C(=O)O)cc1[N+](=O)[O-]. The number of carbonyl (C=O) groups excluding carboxylic acids is 1. The predicted octanol–water partition coefficient (Wildman–Crippen LogP) is 0.169. The fraction of sp³-hybridized carbons (Fsp3) is 0.333. The highest BCUT2D eigenvalue weighted by atomic mass is 16.6. The van der Waals surface area contributed by atoms with E-state index in [4.69, 9.17) is 14.9 Å². The first-order chi connectivity index (χ1) is 9.90. The number of benzene rings is 1. The summed E-state index contributed by atoms with van der Waals surface area (Å²) in [7, 11) is 1.25. The molecule has 21 heavy (non-hydrogen) atoms. The summed E-state index contributed by atoms with van der Waals surface area (Å²) in [5.74, 6) is -2.11. The van der Waals surface area contributed by atoms with Gasteiger partial charge in [-0.15, -0.1) is 0 Å². The zero-order valence-corrected chi connectivity index (χ0v) is 11.1. The molecule has 9 heteroatoms. The Balaban J connectivity index is 2.99. The minimum Gasteiger partial charge on any atom is -0.490 e. The third-order valence-electron chi connectivity index (χ3n) is 2.66. The van der Waals surface area contributed by atoms with Crippen LogP contribution in [-0.2, 0) is 4.79 Å². The highest BCUT2D eigenvalue weighted by Gasteiger charge is 2.22. The van der Waals surface area contributed by atoms with E-state index >= 15 is 0 Å². The van der Waals surface area contributed by atoms with Crippen molar-refractivity contribution in [3.8, 4) is 5.75 Å². The number of carboxylic acid groups (broad SMARTS) is 1. The van der Waals surface area contributed by atoms with Gasteiger partial charge in [0.25, 0.3) is 5.91 Å². The van der Waals surface area contributed by atoms with Crippen molar-refractivity contribution >= 4 is 17.6 Å². The molecule has 0 aliphatic rings. The van der Waals surface area contributed by atoms with Gasteiger partial charge in [-0.3, -0.25) is 14.9 Å². The third kappa shape index (κ3) is 4.14. The van der Waals surface area contributed by atoms with Gasteiger partial charge in [0.05, 0.1) is 12.0 Å². The Bertz CT molecular complexity index is 559. The number of aliphatic hydroxyl groups excluding tert-OH is 1. The van der Waals surface area contributed by atoms with Crippen molar-refractivity contribution in [2.45, 2.75) is 12.5 Å². The van der Waals surface area contributed by atoms with Crippen LogP contribution in [0.2, 0.25) is 0 Å². The smallest absolute Gasteiger partial charge is 0.326 e. The van der Waals surface area contributed by atoms with Gasteiger partial charge in [0.15, 0.2) is 5.75 Å². The van der Waals surface area contributed by atoms with Gasteiger partial charge in [0.1, 0.15) is 6.04 Å². The van der Waals surface area contributed by atoms with Gasteiger partial charge in [0, 0.05) is 24.7 Å². The first-order valence-electron chi connectivity index (χ1n) is 5.87. The van der Waals surface area contributed by atoms with E-state index in [2.05, 4.69) is 5.32 Å². The number of nitrogens with zero attached hydrogens (tertiary/aromatic N) is 1. The van der Waals surface area contributed by atoms with Gasteiger partial charge in [-0.1, -0.05) is 0 Å². The second kappa shape index (κ2) is 7.20. The lowest BCUT2D eigenvalue weighted by molar-refractivity contribution is -0.385. The Kier molecular flexibility index (Phi) is 5.61. The number of methoxy groups -OCH3 is 1. The molecule has 0 saturated heterocycles. The zero-order valence-electron chi connectivity index (χ0n) is 11.1. The van der Waals surface area contributed by atoms with E-state index in [0.29, 0.717) is 0 Å². The topological polar surface area (TPSA) is 139 Å². The Morgan fingerprint density at radius 1 is 1.48 bits per heavy atom. The molecule has 1 amide bonds. The van der Waals surface area contributed by atoms with Crippen molar-refractivity contribution in [3.63, 3.8) is 0 Å². The van der Waals surface area contributed by atoms with E-state index < -0.39 is 35.1 Å². The van der Waals surface area contributed by atoms with Crippen LogP contribution in [0, 0.1) is 10.1 Å². The Morgan fingerprint density at radius 2 is 2.14 bits per heavy atom. The second-order valence-corrected chi connectivity index (χ2v) is 4.02. The first-order valence-corrected chi connectivity index (χ1v) is 5.87. The number of nitrogens with one attached hydrogen (secondary N) is 1. The van der Waals surface area contributed by atoms with Crippen molar-refractivity contribution in [2.24, 2.45) is 0 Å². The molecule has 114 valence electrons. The van der Waals surface area contributed by atoms with Crippen LogP contribution < -0.4 is 10.1 Å². The Hall–Kier alpha value is -2.68. The van der Waals surface area contributed by atoms with Crippen LogP contribution in [0.3, 0.4) is 0 Å². The van der Waals surface area contributed by atoms with Crippen LogP contribution in [0.4, 0.5) is 5.69 Å². The first kappa shape index (κ1) is 16.4. The Morgan fingerprint density at radius 3 is 2.62 bits per heavy atom. The summed E-state index contributed by atoms with van der Waals surface area (Å²) < 4.78 is 4.80. The number of nitro groups is 1. The van der Waals surface area contributed by atoms with Gasteiger partial charge in [-0.25, -0.2) is 4.79 Å². The number of nitro benzene ring substituents is 1. The maximum Gasteiger partial charge on any atom is 0.326 e. The molecule has 0 aliphatic heterocycles. The van der Waals surface area contributed by atoms with Crippen LogP contribution in [0.1, 0.15) is 16.8 Å². The minimum absolute atomic E-state index is 0.0123. The molecule has 9 nitrogen and oxygen atoms in total. The monoisotopic (exact) mass is 298 g/mol. The fourth-order valence-corrected chi connectivity index (χ4v) is 1.60. The van der Waals surface area contributed by atoms with E-state index in [1.54, 1.807) is 0 Å². The number of aliphatic carboxylic acids is 1. The van der Waals surface area contributed by atoms with Crippen LogP contribution in [-0.4, -0.2) is 46.8 Å². The molecule has 0 radical (unpaired) electrons. The summed E-state index contributed by atoms with van der Waals surface area (Å²) in [5, 5.41) is 30.6. The summed E-state index contributed by atoms with van der Waals surface area (Å²) in [4.78, 5) is 32.9. The summed E-state index contributed by atoms with van der Waals surface area (Å²) in [6.07, 6.45) is -0.167. The predicted molar refractivity (Wildman–Crippen MR) is 70.2 cm³/mol. The number of amides is 1. The molecule has 1 aromatic carbocycles. The number of aliphatic hydroxyl groups is 1. The van der Waals surface area contributed by atoms with E-state index in [1.807, 2.05) is 0 Å². The summed E-state index contributed by atoms with van der Waals surface area (Å²) >= 11 is 0. The largest absolute Gasteiger partial charge is 0.490 e. The standard InChI is InChI=1S/C12H14N2O7/c1-21-10-3-2-7(6-9(10)14(19)20)11(16)13-8(4-5-15)12(17)18/h2-3,6,8,15H,4-5H2,1H3,(H,13,16)(H,17,18)/t8-/m1/s1. The average molecular weight is 298 g/mol. The van der Waals surface area contributed by atoms with Crippen molar-refractivity contribution in [2.75, 3.05) is 13.7 Å². The van der Waals surface area contributed by atoms with Crippen LogP contribution in [0.15, 0.2) is 18.2 Å². The highest BCUT2D eigenvalue weighted by molar-refractivity contribution is 5.97. The highest BCUT2D eigenvalue weighted by Crippen LogP contribution is 2.27. The normalized spacial score (nSPS) is 11.5. The fourth-order valence-electron chi connectivity index (χ4n) is 1.60. The number of rotatable bonds is 7. The molecule has 0 aromatic heterocycles. The van der Waals surface area contributed by atoms with E-state index in [0.717, 1.165) is 6.07 Å². The molecule has 0 heterocycles. The second-order valence-electron chi connectivity index (χ2n) is 4.02. The maximum atomic E-state index is 11.9. The van der Waals surface area contributed by atoms with E-state index in [1.165, 1.54) is 19.2 Å². The lowest BCUT2D eigenvalue weighted by Crippen LogP contribution is -2.41. The van der Waals surface area contributed by atoms with Crippen LogP contribution in [0.25, 0.3) is 0 Å². The summed E-state index contributed by atoms with van der Waals surface area (Å²) in [5.41, 5.74) is -0.481. The van der Waals surface area contributed by atoms with Gasteiger partial charge in [-0.05, 0) is 12.1 Å². The molecule has 0 saturated carbocycles. The molecule has 0 fully saturated rings. The average Bonchev–Trinajstić information content (AvgIpc) is 2.45. The molecular formula is C12H14N2O7. The summed E-state index contributed by atoms with van der Waals surface area (Å²) in [6, 6.07) is 2.24. The number of ether oxygens (including phenoxy) is 1. The molecule has 0 unspecified atom stereocenters.